The molecular weight excluding hydrogens is 204 g/mol. The Balaban J connectivity index is 2.74. The van der Waals surface area contributed by atoms with Crippen molar-refractivity contribution in [2.75, 3.05) is 0 Å². The van der Waals surface area contributed by atoms with Gasteiger partial charge in [-0.05, 0) is 45.4 Å². The Kier molecular flexibility index (Phi) is 3.58. The molecule has 0 aliphatic carbocycles. The fraction of sp³-hybridized carbons (Fsp3) is 0.462. The first-order valence-electron chi connectivity index (χ1n) is 5.31. The van der Waals surface area contributed by atoms with Crippen molar-refractivity contribution in [2.24, 2.45) is 0 Å². The van der Waals surface area contributed by atoms with Gasteiger partial charge in [-0.2, -0.15) is 0 Å². The number of esters is 1. The first kappa shape index (κ1) is 12.6. The maximum atomic E-state index is 11.8. The molecule has 0 saturated heterocycles. The molecule has 0 unspecified atom stereocenters. The fourth-order valence-electron chi connectivity index (χ4n) is 1.29. The normalized spacial score (nSPS) is 13.2. The van der Waals surface area contributed by atoms with E-state index in [9.17, 15) is 4.79 Å². The van der Waals surface area contributed by atoms with Crippen LogP contribution in [0, 0.1) is 0 Å². The van der Waals surface area contributed by atoms with Crippen LogP contribution in [0.25, 0.3) is 0 Å². The van der Waals surface area contributed by atoms with Crippen molar-refractivity contribution >= 4 is 5.97 Å². The molecule has 0 radical (unpaired) electrons. The van der Waals surface area contributed by atoms with E-state index in [4.69, 9.17) is 9.84 Å². The predicted octanol–water partition coefficient (Wildman–Crippen LogP) is 2.84. The van der Waals surface area contributed by atoms with Crippen molar-refractivity contribution in [1.82, 2.24) is 0 Å². The van der Waals surface area contributed by atoms with Gasteiger partial charge in [0, 0.05) is 0 Å². The van der Waals surface area contributed by atoms with Crippen LogP contribution in [0.15, 0.2) is 24.3 Å². The van der Waals surface area contributed by atoms with Gasteiger partial charge in [0.15, 0.2) is 0 Å². The van der Waals surface area contributed by atoms with Crippen molar-refractivity contribution < 1.29 is 14.6 Å². The highest BCUT2D eigenvalue weighted by atomic mass is 16.6. The van der Waals surface area contributed by atoms with Gasteiger partial charge in [0.25, 0.3) is 0 Å². The van der Waals surface area contributed by atoms with Crippen LogP contribution in [0.3, 0.4) is 0 Å². The molecule has 1 atom stereocenters. The van der Waals surface area contributed by atoms with E-state index in [0.717, 1.165) is 5.56 Å². The predicted molar refractivity (Wildman–Crippen MR) is 62.4 cm³/mol. The third kappa shape index (κ3) is 3.57. The Bertz CT molecular complexity index is 360. The molecule has 0 heterocycles. The van der Waals surface area contributed by atoms with Gasteiger partial charge >= 0.3 is 5.97 Å². The van der Waals surface area contributed by atoms with Crippen molar-refractivity contribution in [2.45, 2.75) is 39.2 Å². The molecule has 0 saturated carbocycles. The molecule has 0 aromatic heterocycles. The van der Waals surface area contributed by atoms with Crippen LogP contribution >= 0.6 is 0 Å². The highest BCUT2D eigenvalue weighted by molar-refractivity contribution is 5.78. The van der Waals surface area contributed by atoms with Crippen LogP contribution in [0.4, 0.5) is 0 Å². The molecular formula is C13H18O3. The van der Waals surface area contributed by atoms with Gasteiger partial charge in [0.05, 0.1) is 5.92 Å². The molecule has 0 aliphatic heterocycles. The standard InChI is InChI=1S/C13H18O3/c1-9(12(15)16-13(2,3)4)10-5-7-11(14)8-6-10/h5-9,14H,1-4H3/t9-/m0/s1. The van der Waals surface area contributed by atoms with Crippen LogP contribution in [0.5, 0.6) is 5.75 Å². The number of hydrogen-bond donors (Lipinski definition) is 1. The molecule has 88 valence electrons. The van der Waals surface area contributed by atoms with Gasteiger partial charge in [-0.1, -0.05) is 12.1 Å². The number of phenols is 1. The lowest BCUT2D eigenvalue weighted by Gasteiger charge is -2.22. The van der Waals surface area contributed by atoms with Gasteiger partial charge in [0.1, 0.15) is 11.4 Å². The summed E-state index contributed by atoms with van der Waals surface area (Å²) in [4.78, 5) is 11.8. The summed E-state index contributed by atoms with van der Waals surface area (Å²) >= 11 is 0. The molecule has 16 heavy (non-hydrogen) atoms. The molecule has 1 rings (SSSR count). The number of ether oxygens (including phenoxy) is 1. The van der Waals surface area contributed by atoms with Gasteiger partial charge in [-0.25, -0.2) is 0 Å². The maximum Gasteiger partial charge on any atom is 0.313 e. The fourth-order valence-corrected chi connectivity index (χ4v) is 1.29. The molecule has 0 spiro atoms. The summed E-state index contributed by atoms with van der Waals surface area (Å²) in [7, 11) is 0. The van der Waals surface area contributed by atoms with E-state index < -0.39 is 5.60 Å². The zero-order valence-electron chi connectivity index (χ0n) is 10.2. The molecule has 0 amide bonds. The first-order chi connectivity index (χ1) is 7.29. The molecule has 0 fully saturated rings. The monoisotopic (exact) mass is 222 g/mol. The number of rotatable bonds is 2. The summed E-state index contributed by atoms with van der Waals surface area (Å²) in [6.07, 6.45) is 0. The number of carbonyl (C=O) groups excluding carboxylic acids is 1. The molecule has 0 bridgehead atoms. The second kappa shape index (κ2) is 4.56. The highest BCUT2D eigenvalue weighted by Crippen LogP contribution is 2.21. The number of benzene rings is 1. The Morgan fingerprint density at radius 1 is 1.25 bits per heavy atom. The zero-order chi connectivity index (χ0) is 12.3. The van der Waals surface area contributed by atoms with Gasteiger partial charge in [0.2, 0.25) is 0 Å². The van der Waals surface area contributed by atoms with Crippen molar-refractivity contribution in [3.05, 3.63) is 29.8 Å². The minimum atomic E-state index is -0.470. The van der Waals surface area contributed by atoms with E-state index in [1.165, 1.54) is 0 Å². The Morgan fingerprint density at radius 3 is 2.19 bits per heavy atom. The van der Waals surface area contributed by atoms with Gasteiger partial charge < -0.3 is 9.84 Å². The van der Waals surface area contributed by atoms with E-state index in [2.05, 4.69) is 0 Å². The van der Waals surface area contributed by atoms with E-state index in [-0.39, 0.29) is 17.6 Å². The molecule has 0 aliphatic rings. The summed E-state index contributed by atoms with van der Waals surface area (Å²) in [5, 5.41) is 9.15. The van der Waals surface area contributed by atoms with E-state index in [1.807, 2.05) is 20.8 Å². The van der Waals surface area contributed by atoms with Crippen LogP contribution < -0.4 is 0 Å². The number of hydrogen-bond acceptors (Lipinski definition) is 3. The summed E-state index contributed by atoms with van der Waals surface area (Å²) in [5.41, 5.74) is 0.370. The molecule has 1 aromatic rings. The Morgan fingerprint density at radius 2 is 1.75 bits per heavy atom. The minimum absolute atomic E-state index is 0.195. The third-order valence-electron chi connectivity index (χ3n) is 2.15. The summed E-state index contributed by atoms with van der Waals surface area (Å²) in [5.74, 6) is -0.377. The lowest BCUT2D eigenvalue weighted by atomic mass is 10.0. The zero-order valence-corrected chi connectivity index (χ0v) is 10.2. The molecule has 1 N–H and O–H groups in total. The number of aromatic hydroxyl groups is 1. The van der Waals surface area contributed by atoms with Crippen molar-refractivity contribution in [3.63, 3.8) is 0 Å². The third-order valence-corrected chi connectivity index (χ3v) is 2.15. The lowest BCUT2D eigenvalue weighted by molar-refractivity contribution is -0.156. The maximum absolute atomic E-state index is 11.8. The lowest BCUT2D eigenvalue weighted by Crippen LogP contribution is -2.26. The van der Waals surface area contributed by atoms with E-state index >= 15 is 0 Å². The van der Waals surface area contributed by atoms with Crippen LogP contribution in [-0.2, 0) is 9.53 Å². The van der Waals surface area contributed by atoms with Crippen molar-refractivity contribution in [3.8, 4) is 5.75 Å². The Labute approximate surface area is 96.1 Å². The molecule has 1 aromatic carbocycles. The largest absolute Gasteiger partial charge is 0.508 e. The summed E-state index contributed by atoms with van der Waals surface area (Å²) in [6.45, 7) is 7.32. The molecule has 3 heteroatoms. The summed E-state index contributed by atoms with van der Waals surface area (Å²) in [6, 6.07) is 6.58. The van der Waals surface area contributed by atoms with E-state index in [1.54, 1.807) is 31.2 Å². The SMILES string of the molecule is C[C@H](C(=O)OC(C)(C)C)c1ccc(O)cc1. The van der Waals surface area contributed by atoms with Crippen LogP contribution in [0.1, 0.15) is 39.2 Å². The first-order valence-corrected chi connectivity index (χ1v) is 5.31. The Hall–Kier alpha value is -1.51. The minimum Gasteiger partial charge on any atom is -0.508 e. The number of carbonyl (C=O) groups is 1. The average molecular weight is 222 g/mol. The van der Waals surface area contributed by atoms with Gasteiger partial charge in [-0.15, -0.1) is 0 Å². The summed E-state index contributed by atoms with van der Waals surface area (Å²) < 4.78 is 5.28. The average Bonchev–Trinajstić information content (AvgIpc) is 2.15. The quantitative estimate of drug-likeness (QED) is 0.783. The smallest absolute Gasteiger partial charge is 0.313 e. The van der Waals surface area contributed by atoms with Crippen molar-refractivity contribution in [1.29, 1.82) is 0 Å². The van der Waals surface area contributed by atoms with Crippen LogP contribution in [0.2, 0.25) is 0 Å². The van der Waals surface area contributed by atoms with Crippen LogP contribution in [-0.4, -0.2) is 16.7 Å². The van der Waals surface area contributed by atoms with E-state index in [0.29, 0.717) is 0 Å². The molecule has 3 nitrogen and oxygen atoms in total. The number of phenolic OH excluding ortho intramolecular Hbond substituents is 1. The second-order valence-electron chi connectivity index (χ2n) is 4.85. The topological polar surface area (TPSA) is 46.5 Å². The highest BCUT2D eigenvalue weighted by Gasteiger charge is 2.22. The van der Waals surface area contributed by atoms with Gasteiger partial charge in [-0.3, -0.25) is 4.79 Å². The second-order valence-corrected chi connectivity index (χ2v) is 4.85.